The van der Waals surface area contributed by atoms with Gasteiger partial charge in [0.05, 0.1) is 11.3 Å². The van der Waals surface area contributed by atoms with E-state index in [4.69, 9.17) is 4.74 Å². The number of nitrogens with one attached hydrogen (secondary N) is 1. The van der Waals surface area contributed by atoms with E-state index < -0.39 is 0 Å². The summed E-state index contributed by atoms with van der Waals surface area (Å²) in [5.41, 5.74) is 3.15. The van der Waals surface area contributed by atoms with Crippen LogP contribution in [0.15, 0.2) is 54.6 Å². The first-order valence-electron chi connectivity index (χ1n) is 11.4. The van der Waals surface area contributed by atoms with E-state index in [1.54, 1.807) is 11.0 Å². The van der Waals surface area contributed by atoms with Gasteiger partial charge in [0.15, 0.2) is 0 Å². The highest BCUT2D eigenvalue weighted by Gasteiger charge is 2.16. The standard InChI is InChI=1S/C26H33FN4O2/c1-30(2)16-17-33-25-14-7-6-13-23(25)26(32)31(3)15-8-4-5-12-22-19-24(29-28-22)20-10-9-11-21(27)18-20/h6-7,9-11,13-14,18-19H,4-5,8,12,15-17H2,1-3H3,(H,28,29). The molecule has 2 aromatic carbocycles. The molecule has 1 N–H and O–H groups in total. The molecule has 0 aliphatic heterocycles. The molecule has 0 saturated carbocycles. The summed E-state index contributed by atoms with van der Waals surface area (Å²) in [6.07, 6.45) is 3.75. The summed E-state index contributed by atoms with van der Waals surface area (Å²) in [4.78, 5) is 16.7. The van der Waals surface area contributed by atoms with Crippen molar-refractivity contribution in [3.05, 3.63) is 71.7 Å². The highest BCUT2D eigenvalue weighted by Crippen LogP contribution is 2.21. The number of aryl methyl sites for hydroxylation is 1. The predicted octanol–water partition coefficient (Wildman–Crippen LogP) is 4.64. The largest absolute Gasteiger partial charge is 0.491 e. The molecule has 6 nitrogen and oxygen atoms in total. The number of benzene rings is 2. The van der Waals surface area contributed by atoms with Gasteiger partial charge in [0.2, 0.25) is 0 Å². The number of unbranched alkanes of at least 4 members (excludes halogenated alkanes) is 2. The number of aromatic amines is 1. The molecular weight excluding hydrogens is 419 g/mol. The Morgan fingerprint density at radius 2 is 1.82 bits per heavy atom. The number of ether oxygens (including phenoxy) is 1. The molecule has 33 heavy (non-hydrogen) atoms. The van der Waals surface area contributed by atoms with Gasteiger partial charge in [-0.1, -0.05) is 30.7 Å². The van der Waals surface area contributed by atoms with Crippen molar-refractivity contribution in [3.8, 4) is 17.0 Å². The topological polar surface area (TPSA) is 61.5 Å². The van der Waals surface area contributed by atoms with Crippen molar-refractivity contribution in [2.75, 3.05) is 40.8 Å². The first-order chi connectivity index (χ1) is 15.9. The average Bonchev–Trinajstić information content (AvgIpc) is 3.27. The summed E-state index contributed by atoms with van der Waals surface area (Å²) in [5, 5.41) is 7.33. The second-order valence-electron chi connectivity index (χ2n) is 8.47. The SMILES string of the molecule is CN(C)CCOc1ccccc1C(=O)N(C)CCCCCc1cc(-c2cccc(F)c2)n[nH]1. The fraction of sp³-hybridized carbons (Fsp3) is 0.385. The van der Waals surface area contributed by atoms with Crippen molar-refractivity contribution in [2.24, 2.45) is 0 Å². The fourth-order valence-electron chi connectivity index (χ4n) is 3.54. The van der Waals surface area contributed by atoms with Gasteiger partial charge in [-0.2, -0.15) is 5.10 Å². The number of rotatable bonds is 12. The Labute approximate surface area is 195 Å². The predicted molar refractivity (Wildman–Crippen MR) is 129 cm³/mol. The van der Waals surface area contributed by atoms with Crippen LogP contribution in [0.25, 0.3) is 11.3 Å². The fourth-order valence-corrected chi connectivity index (χ4v) is 3.54. The number of carbonyl (C=O) groups excluding carboxylic acids is 1. The van der Waals surface area contributed by atoms with Gasteiger partial charge in [-0.05, 0) is 63.7 Å². The smallest absolute Gasteiger partial charge is 0.257 e. The summed E-state index contributed by atoms with van der Waals surface area (Å²) in [5.74, 6) is 0.340. The summed E-state index contributed by atoms with van der Waals surface area (Å²) in [6.45, 7) is 2.01. The monoisotopic (exact) mass is 452 g/mol. The van der Waals surface area contributed by atoms with Crippen LogP contribution >= 0.6 is 0 Å². The Bertz CT molecular complexity index is 1030. The molecule has 0 aliphatic carbocycles. The molecule has 0 saturated heterocycles. The van der Waals surface area contributed by atoms with Gasteiger partial charge in [0, 0.05) is 31.4 Å². The van der Waals surface area contributed by atoms with Crippen LogP contribution < -0.4 is 4.74 Å². The van der Waals surface area contributed by atoms with Crippen molar-refractivity contribution in [2.45, 2.75) is 25.7 Å². The molecule has 0 unspecified atom stereocenters. The van der Waals surface area contributed by atoms with Crippen LogP contribution in [0.5, 0.6) is 5.75 Å². The lowest BCUT2D eigenvalue weighted by Crippen LogP contribution is -2.28. The summed E-state index contributed by atoms with van der Waals surface area (Å²) >= 11 is 0. The molecule has 1 heterocycles. The number of nitrogens with zero attached hydrogens (tertiary/aromatic N) is 3. The van der Waals surface area contributed by atoms with Crippen LogP contribution in [0.2, 0.25) is 0 Å². The maximum absolute atomic E-state index is 13.4. The van der Waals surface area contributed by atoms with Gasteiger partial charge in [-0.3, -0.25) is 9.89 Å². The molecule has 0 radical (unpaired) electrons. The van der Waals surface area contributed by atoms with Crippen LogP contribution in [-0.4, -0.2) is 66.7 Å². The van der Waals surface area contributed by atoms with Crippen LogP contribution in [0.3, 0.4) is 0 Å². The third-order valence-electron chi connectivity index (χ3n) is 5.45. The van der Waals surface area contributed by atoms with Crippen molar-refractivity contribution in [1.29, 1.82) is 0 Å². The molecule has 0 aliphatic rings. The first-order valence-corrected chi connectivity index (χ1v) is 11.4. The van der Waals surface area contributed by atoms with Crippen LogP contribution in [0, 0.1) is 5.82 Å². The lowest BCUT2D eigenvalue weighted by molar-refractivity contribution is 0.0787. The van der Waals surface area contributed by atoms with Crippen LogP contribution in [-0.2, 0) is 6.42 Å². The Hall–Kier alpha value is -3.19. The summed E-state index contributed by atoms with van der Waals surface area (Å²) < 4.78 is 19.2. The maximum atomic E-state index is 13.4. The zero-order valence-corrected chi connectivity index (χ0v) is 19.7. The van der Waals surface area contributed by atoms with Crippen LogP contribution in [0.1, 0.15) is 35.3 Å². The van der Waals surface area contributed by atoms with Crippen molar-refractivity contribution >= 4 is 5.91 Å². The number of H-pyrrole nitrogens is 1. The van der Waals surface area contributed by atoms with E-state index in [0.717, 1.165) is 49.2 Å². The Morgan fingerprint density at radius 1 is 1.00 bits per heavy atom. The number of amides is 1. The number of carbonyl (C=O) groups is 1. The molecular formula is C26H33FN4O2. The van der Waals surface area contributed by atoms with Gasteiger partial charge in [-0.25, -0.2) is 4.39 Å². The summed E-state index contributed by atoms with van der Waals surface area (Å²) in [6, 6.07) is 15.8. The molecule has 1 amide bonds. The van der Waals surface area contributed by atoms with Crippen molar-refractivity contribution in [1.82, 2.24) is 20.0 Å². The maximum Gasteiger partial charge on any atom is 0.257 e. The molecule has 3 aromatic rings. The van der Waals surface area contributed by atoms with Gasteiger partial charge in [0.25, 0.3) is 5.91 Å². The molecule has 3 rings (SSSR count). The summed E-state index contributed by atoms with van der Waals surface area (Å²) in [7, 11) is 5.81. The number of likely N-dealkylation sites (N-methyl/N-ethyl adjacent to an activating group) is 1. The average molecular weight is 453 g/mol. The zero-order chi connectivity index (χ0) is 23.6. The van der Waals surface area contributed by atoms with Gasteiger partial charge in [-0.15, -0.1) is 0 Å². The van der Waals surface area contributed by atoms with E-state index in [-0.39, 0.29) is 11.7 Å². The normalized spacial score (nSPS) is 11.1. The zero-order valence-electron chi connectivity index (χ0n) is 19.7. The quantitative estimate of drug-likeness (QED) is 0.407. The minimum Gasteiger partial charge on any atom is -0.491 e. The lowest BCUT2D eigenvalue weighted by atomic mass is 10.1. The molecule has 1 aromatic heterocycles. The molecule has 7 heteroatoms. The van der Waals surface area contributed by atoms with Gasteiger partial charge in [0.1, 0.15) is 18.2 Å². The number of para-hydroxylation sites is 1. The van der Waals surface area contributed by atoms with Crippen molar-refractivity contribution < 1.29 is 13.9 Å². The highest BCUT2D eigenvalue weighted by atomic mass is 19.1. The Morgan fingerprint density at radius 3 is 2.61 bits per heavy atom. The highest BCUT2D eigenvalue weighted by molar-refractivity contribution is 5.96. The van der Waals surface area contributed by atoms with E-state index in [2.05, 4.69) is 10.2 Å². The molecule has 0 spiro atoms. The second kappa shape index (κ2) is 12.2. The molecule has 0 atom stereocenters. The Kier molecular flexibility index (Phi) is 9.01. The molecule has 0 fully saturated rings. The lowest BCUT2D eigenvalue weighted by Gasteiger charge is -2.19. The third kappa shape index (κ3) is 7.43. The van der Waals surface area contributed by atoms with Crippen LogP contribution in [0.4, 0.5) is 4.39 Å². The van der Waals surface area contributed by atoms with E-state index in [0.29, 0.717) is 24.5 Å². The molecule has 0 bridgehead atoms. The van der Waals surface area contributed by atoms with E-state index in [1.807, 2.05) is 62.4 Å². The minimum absolute atomic E-state index is 0.0243. The molecule has 176 valence electrons. The minimum atomic E-state index is -0.265. The first kappa shape index (κ1) is 24.5. The third-order valence-corrected chi connectivity index (χ3v) is 5.45. The van der Waals surface area contributed by atoms with Crippen molar-refractivity contribution in [3.63, 3.8) is 0 Å². The van der Waals surface area contributed by atoms with Gasteiger partial charge >= 0.3 is 0 Å². The van der Waals surface area contributed by atoms with Gasteiger partial charge < -0.3 is 14.5 Å². The number of halogens is 1. The van der Waals surface area contributed by atoms with E-state index in [9.17, 15) is 9.18 Å². The Balaban J connectivity index is 1.42. The number of aromatic nitrogens is 2. The van der Waals surface area contributed by atoms with E-state index >= 15 is 0 Å². The number of hydrogen-bond acceptors (Lipinski definition) is 4. The van der Waals surface area contributed by atoms with E-state index in [1.165, 1.54) is 12.1 Å². The second-order valence-corrected chi connectivity index (χ2v) is 8.47. The number of hydrogen-bond donors (Lipinski definition) is 1.